The molecule has 3 saturated carbocycles. The summed E-state index contributed by atoms with van der Waals surface area (Å²) in [6, 6.07) is 0. The molecule has 0 unspecified atom stereocenters. The van der Waals surface area contributed by atoms with Gasteiger partial charge in [0.25, 0.3) is 0 Å². The van der Waals surface area contributed by atoms with Crippen molar-refractivity contribution in [2.75, 3.05) is 0 Å². The molecule has 0 aromatic heterocycles. The van der Waals surface area contributed by atoms with Crippen LogP contribution in [0.2, 0.25) is 0 Å². The quantitative estimate of drug-likeness (QED) is 0.438. The van der Waals surface area contributed by atoms with Crippen LogP contribution in [0.4, 0.5) is 0 Å². The number of allylic oxidation sites excluding steroid dienone is 2. The van der Waals surface area contributed by atoms with Crippen molar-refractivity contribution in [3.63, 3.8) is 0 Å². The van der Waals surface area contributed by atoms with Gasteiger partial charge >= 0.3 is 0 Å². The minimum atomic E-state index is -0.252. The summed E-state index contributed by atoms with van der Waals surface area (Å²) in [4.78, 5) is 10.8. The Hall–Kier alpha value is -1.16. The van der Waals surface area contributed by atoms with Crippen LogP contribution in [-0.4, -0.2) is 16.1 Å². The third-order valence-electron chi connectivity index (χ3n) is 8.19. The van der Waals surface area contributed by atoms with Crippen molar-refractivity contribution in [2.24, 2.45) is 28.6 Å². The Balaban J connectivity index is 1.66. The highest BCUT2D eigenvalue weighted by molar-refractivity contribution is 5.28. The molecule has 132 valence electrons. The molecule has 1 N–H and O–H groups in total. The smallest absolute Gasteiger partial charge is 0.234 e. The zero-order chi connectivity index (χ0) is 17.1. The van der Waals surface area contributed by atoms with E-state index in [1.165, 1.54) is 18.2 Å². The van der Waals surface area contributed by atoms with E-state index in [2.05, 4.69) is 19.9 Å². The number of nitrogens with zero attached hydrogens (tertiary/aromatic N) is 1. The van der Waals surface area contributed by atoms with Gasteiger partial charge in [0.05, 0.1) is 11.0 Å². The Kier molecular flexibility index (Phi) is 3.68. The van der Waals surface area contributed by atoms with Gasteiger partial charge in [0.2, 0.25) is 6.20 Å². The van der Waals surface area contributed by atoms with Crippen molar-refractivity contribution >= 4 is 0 Å². The zero-order valence-corrected chi connectivity index (χ0v) is 14.8. The van der Waals surface area contributed by atoms with Gasteiger partial charge in [-0.2, -0.15) is 0 Å². The summed E-state index contributed by atoms with van der Waals surface area (Å²) < 4.78 is 0. The predicted octanol–water partition coefficient (Wildman–Crippen LogP) is 4.47. The van der Waals surface area contributed by atoms with Crippen molar-refractivity contribution in [1.29, 1.82) is 0 Å². The van der Waals surface area contributed by atoms with Gasteiger partial charge in [0, 0.05) is 5.57 Å². The summed E-state index contributed by atoms with van der Waals surface area (Å²) in [5, 5.41) is 21.1. The van der Waals surface area contributed by atoms with E-state index in [4.69, 9.17) is 0 Å². The lowest BCUT2D eigenvalue weighted by atomic mass is 9.48. The summed E-state index contributed by atoms with van der Waals surface area (Å²) >= 11 is 0. The molecule has 24 heavy (non-hydrogen) atoms. The Morgan fingerprint density at radius 3 is 2.67 bits per heavy atom. The number of nitro groups is 1. The summed E-state index contributed by atoms with van der Waals surface area (Å²) in [6.07, 6.45) is 11.8. The van der Waals surface area contributed by atoms with E-state index in [9.17, 15) is 15.2 Å². The van der Waals surface area contributed by atoms with Gasteiger partial charge in [-0.15, -0.1) is 0 Å². The fourth-order valence-electron chi connectivity index (χ4n) is 6.83. The highest BCUT2D eigenvalue weighted by Crippen LogP contribution is 2.66. The van der Waals surface area contributed by atoms with Gasteiger partial charge in [-0.25, -0.2) is 0 Å². The van der Waals surface area contributed by atoms with Crippen LogP contribution < -0.4 is 0 Å². The third kappa shape index (κ3) is 2.22. The number of fused-ring (bicyclic) bond motifs is 5. The third-order valence-corrected chi connectivity index (χ3v) is 8.19. The number of aliphatic hydroxyl groups is 1. The Morgan fingerprint density at radius 1 is 1.21 bits per heavy atom. The van der Waals surface area contributed by atoms with E-state index in [1.807, 2.05) is 0 Å². The van der Waals surface area contributed by atoms with Crippen molar-refractivity contribution in [1.82, 2.24) is 0 Å². The topological polar surface area (TPSA) is 63.4 Å². The average Bonchev–Trinajstić information content (AvgIpc) is 2.84. The van der Waals surface area contributed by atoms with Crippen molar-refractivity contribution in [3.8, 4) is 0 Å². The molecule has 0 saturated heterocycles. The molecule has 0 amide bonds. The number of hydrogen-bond donors (Lipinski definition) is 1. The lowest BCUT2D eigenvalue weighted by Gasteiger charge is -2.57. The van der Waals surface area contributed by atoms with E-state index < -0.39 is 0 Å². The standard InChI is InChI=1S/C20H29NO3/c1-19-9-7-15(22)11-13(19)3-5-16-17-6-4-14(12-21(23)24)20(17,2)10-8-18(16)19/h3,12,15-18,22H,4-11H2,1-2H3/t15-,16-,17-,18-,19-,20+/m0/s1. The van der Waals surface area contributed by atoms with E-state index in [0.717, 1.165) is 50.5 Å². The number of hydrogen-bond acceptors (Lipinski definition) is 3. The van der Waals surface area contributed by atoms with E-state index >= 15 is 0 Å². The zero-order valence-electron chi connectivity index (χ0n) is 14.8. The molecule has 4 nitrogen and oxygen atoms in total. The maximum Gasteiger partial charge on any atom is 0.234 e. The molecule has 0 radical (unpaired) electrons. The van der Waals surface area contributed by atoms with Crippen LogP contribution in [0.1, 0.15) is 65.2 Å². The van der Waals surface area contributed by atoms with Gasteiger partial charge < -0.3 is 5.11 Å². The predicted molar refractivity (Wildman–Crippen MR) is 92.8 cm³/mol. The van der Waals surface area contributed by atoms with E-state index in [1.54, 1.807) is 0 Å². The van der Waals surface area contributed by atoms with E-state index in [-0.39, 0.29) is 21.9 Å². The largest absolute Gasteiger partial charge is 0.393 e. The highest BCUT2D eigenvalue weighted by atomic mass is 16.6. The molecule has 4 heteroatoms. The molecule has 0 aliphatic heterocycles. The molecule has 4 aliphatic carbocycles. The minimum absolute atomic E-state index is 0.0319. The maximum atomic E-state index is 11.0. The van der Waals surface area contributed by atoms with Crippen molar-refractivity contribution in [3.05, 3.63) is 33.5 Å². The molecular weight excluding hydrogens is 302 g/mol. The summed E-state index contributed by atoms with van der Waals surface area (Å²) in [7, 11) is 0. The molecule has 0 heterocycles. The van der Waals surface area contributed by atoms with E-state index in [0.29, 0.717) is 17.8 Å². The second-order valence-corrected chi connectivity index (χ2v) is 9.09. The molecule has 0 aromatic rings. The SMILES string of the molecule is C[C@]12CC[C@H](O)CC1=CC[C@@H]1[C@@H]2CC[C@]2(C)C(=C[N+](=O)[O-])CC[C@@H]12. The first-order valence-electron chi connectivity index (χ1n) is 9.57. The number of aliphatic hydroxyl groups excluding tert-OH is 1. The van der Waals surface area contributed by atoms with Gasteiger partial charge in [0.15, 0.2) is 0 Å². The first-order chi connectivity index (χ1) is 11.3. The highest BCUT2D eigenvalue weighted by Gasteiger charge is 2.57. The lowest BCUT2D eigenvalue weighted by Crippen LogP contribution is -2.49. The first kappa shape index (κ1) is 16.3. The molecule has 6 atom stereocenters. The van der Waals surface area contributed by atoms with Gasteiger partial charge in [0.1, 0.15) is 0 Å². The molecule has 0 spiro atoms. The molecular formula is C20H29NO3. The van der Waals surface area contributed by atoms with Crippen molar-refractivity contribution in [2.45, 2.75) is 71.3 Å². The van der Waals surface area contributed by atoms with Crippen LogP contribution in [0.25, 0.3) is 0 Å². The Labute approximate surface area is 144 Å². The van der Waals surface area contributed by atoms with Gasteiger partial charge in [-0.1, -0.05) is 25.5 Å². The Morgan fingerprint density at radius 2 is 1.92 bits per heavy atom. The minimum Gasteiger partial charge on any atom is -0.393 e. The molecule has 0 aromatic carbocycles. The average molecular weight is 331 g/mol. The fourth-order valence-corrected chi connectivity index (χ4v) is 6.83. The molecule has 3 fully saturated rings. The normalized spacial score (nSPS) is 49.1. The van der Waals surface area contributed by atoms with Crippen LogP contribution >= 0.6 is 0 Å². The van der Waals surface area contributed by atoms with Gasteiger partial charge in [-0.05, 0) is 80.0 Å². The van der Waals surface area contributed by atoms with Gasteiger partial charge in [-0.3, -0.25) is 10.1 Å². The number of rotatable bonds is 1. The van der Waals surface area contributed by atoms with Crippen LogP contribution in [-0.2, 0) is 0 Å². The van der Waals surface area contributed by atoms with Crippen LogP contribution in [0, 0.1) is 38.7 Å². The van der Waals surface area contributed by atoms with Crippen LogP contribution in [0.15, 0.2) is 23.4 Å². The Bertz CT molecular complexity index is 624. The molecule has 0 bridgehead atoms. The van der Waals surface area contributed by atoms with Crippen molar-refractivity contribution < 1.29 is 10.0 Å². The summed E-state index contributed by atoms with van der Waals surface area (Å²) in [5.74, 6) is 1.94. The maximum absolute atomic E-state index is 11.0. The molecule has 4 rings (SSSR count). The fraction of sp³-hybridized carbons (Fsp3) is 0.800. The monoisotopic (exact) mass is 331 g/mol. The summed E-state index contributed by atoms with van der Waals surface area (Å²) in [5.41, 5.74) is 2.85. The first-order valence-corrected chi connectivity index (χ1v) is 9.57. The second kappa shape index (κ2) is 5.42. The molecule has 4 aliphatic rings. The summed E-state index contributed by atoms with van der Waals surface area (Å²) in [6.45, 7) is 4.70. The lowest BCUT2D eigenvalue weighted by molar-refractivity contribution is -0.404. The second-order valence-electron chi connectivity index (χ2n) is 9.09. The van der Waals surface area contributed by atoms with Crippen LogP contribution in [0.5, 0.6) is 0 Å². The van der Waals surface area contributed by atoms with Crippen LogP contribution in [0.3, 0.4) is 0 Å².